The second-order valence-electron chi connectivity index (χ2n) is 7.61. The molecule has 1 fully saturated rings. The normalized spacial score (nSPS) is 19.9. The molecule has 0 radical (unpaired) electrons. The van der Waals surface area contributed by atoms with E-state index in [0.717, 1.165) is 32.4 Å². The van der Waals surface area contributed by atoms with Gasteiger partial charge >= 0.3 is 6.09 Å². The number of amides is 1. The number of likely N-dealkylation sites (tertiary alicyclic amines) is 1. The molecule has 1 aliphatic rings. The van der Waals surface area contributed by atoms with Crippen molar-refractivity contribution in [2.24, 2.45) is 0 Å². The third-order valence-electron chi connectivity index (χ3n) is 4.15. The molecule has 0 aromatic heterocycles. The number of carbonyl (C=O) groups is 1. The Bertz CT molecular complexity index is 344. The Labute approximate surface area is 147 Å². The summed E-state index contributed by atoms with van der Waals surface area (Å²) in [4.78, 5) is 14.2. The van der Waals surface area contributed by atoms with Crippen LogP contribution in [0.2, 0.25) is 0 Å². The number of ether oxygens (including phenoxy) is 1. The number of unbranched alkanes of at least 4 members (excludes halogenated alkanes) is 2. The third kappa shape index (κ3) is 8.85. The number of hydrogen-bond donors (Lipinski definition) is 1. The molecule has 136 valence electrons. The highest BCUT2D eigenvalue weighted by atomic mass is 32.2. The van der Waals surface area contributed by atoms with Crippen LogP contribution >= 0.6 is 11.8 Å². The first-order valence-electron chi connectivity index (χ1n) is 9.05. The summed E-state index contributed by atoms with van der Waals surface area (Å²) in [5, 5.41) is 3.61. The van der Waals surface area contributed by atoms with Gasteiger partial charge in [-0.2, -0.15) is 11.8 Å². The van der Waals surface area contributed by atoms with E-state index in [1.807, 2.05) is 37.4 Å². The fraction of sp³-hybridized carbons (Fsp3) is 0.944. The van der Waals surface area contributed by atoms with Gasteiger partial charge in [-0.1, -0.05) is 6.42 Å². The monoisotopic (exact) mass is 344 g/mol. The lowest BCUT2D eigenvalue weighted by molar-refractivity contribution is 0.0214. The van der Waals surface area contributed by atoms with E-state index in [1.165, 1.54) is 25.0 Å². The molecule has 0 spiro atoms. The molecule has 1 aliphatic heterocycles. The number of hydrogen-bond acceptors (Lipinski definition) is 4. The fourth-order valence-electron chi connectivity index (χ4n) is 3.03. The number of carbonyl (C=O) groups excluding carboxylic acids is 1. The Morgan fingerprint density at radius 1 is 1.35 bits per heavy atom. The summed E-state index contributed by atoms with van der Waals surface area (Å²) in [6, 6.07) is 0.771. The first-order valence-corrected chi connectivity index (χ1v) is 10.4. The lowest BCUT2D eigenvalue weighted by Gasteiger charge is -2.30. The van der Waals surface area contributed by atoms with Crippen LogP contribution in [0, 0.1) is 0 Å². The van der Waals surface area contributed by atoms with Crippen LogP contribution in [0.1, 0.15) is 66.2 Å². The van der Waals surface area contributed by atoms with Crippen molar-refractivity contribution in [1.82, 2.24) is 10.2 Å². The molecule has 1 heterocycles. The summed E-state index contributed by atoms with van der Waals surface area (Å²) in [5.74, 6) is 1.27. The van der Waals surface area contributed by atoms with Crippen molar-refractivity contribution in [2.45, 2.75) is 83.9 Å². The second-order valence-corrected chi connectivity index (χ2v) is 8.60. The highest BCUT2D eigenvalue weighted by Crippen LogP contribution is 2.24. The molecular weight excluding hydrogens is 308 g/mol. The Kier molecular flexibility index (Phi) is 9.37. The van der Waals surface area contributed by atoms with Crippen molar-refractivity contribution in [3.05, 3.63) is 0 Å². The minimum atomic E-state index is -0.412. The highest BCUT2D eigenvalue weighted by Gasteiger charge is 2.32. The largest absolute Gasteiger partial charge is 0.444 e. The zero-order valence-corrected chi connectivity index (χ0v) is 16.5. The Hall–Kier alpha value is -0.420. The van der Waals surface area contributed by atoms with Gasteiger partial charge in [-0.25, -0.2) is 4.79 Å². The zero-order chi connectivity index (χ0) is 17.3. The molecule has 0 bridgehead atoms. The quantitative estimate of drug-likeness (QED) is 0.634. The lowest BCUT2D eigenvalue weighted by Crippen LogP contribution is -2.42. The van der Waals surface area contributed by atoms with Gasteiger partial charge in [0.05, 0.1) is 0 Å². The SMILES string of the molecule is CSCCCCCNC(C)CC1CCCN1C(=O)OC(C)(C)C. The molecule has 1 N–H and O–H groups in total. The van der Waals surface area contributed by atoms with Crippen LogP contribution in [0.3, 0.4) is 0 Å². The number of thioether (sulfide) groups is 1. The van der Waals surface area contributed by atoms with Crippen molar-refractivity contribution in [3.8, 4) is 0 Å². The summed E-state index contributed by atoms with van der Waals surface area (Å²) in [6.07, 6.45) is 9.07. The van der Waals surface area contributed by atoms with Gasteiger partial charge in [0, 0.05) is 18.6 Å². The maximum atomic E-state index is 12.3. The molecule has 2 atom stereocenters. The molecule has 2 unspecified atom stereocenters. The van der Waals surface area contributed by atoms with E-state index < -0.39 is 5.60 Å². The summed E-state index contributed by atoms with van der Waals surface area (Å²) < 4.78 is 5.53. The summed E-state index contributed by atoms with van der Waals surface area (Å²) in [7, 11) is 0. The van der Waals surface area contributed by atoms with E-state index in [-0.39, 0.29) is 6.09 Å². The summed E-state index contributed by atoms with van der Waals surface area (Å²) in [6.45, 7) is 9.93. The first-order chi connectivity index (χ1) is 10.8. The molecule has 0 aromatic carbocycles. The van der Waals surface area contributed by atoms with Crippen LogP contribution in [0.25, 0.3) is 0 Å². The predicted octanol–water partition coefficient (Wildman–Crippen LogP) is 4.29. The average Bonchev–Trinajstić information content (AvgIpc) is 2.89. The first kappa shape index (κ1) is 20.6. The van der Waals surface area contributed by atoms with E-state index in [2.05, 4.69) is 18.5 Å². The van der Waals surface area contributed by atoms with Gasteiger partial charge in [-0.05, 0) is 78.4 Å². The van der Waals surface area contributed by atoms with E-state index >= 15 is 0 Å². The van der Waals surface area contributed by atoms with E-state index in [0.29, 0.717) is 12.1 Å². The second kappa shape index (κ2) is 10.4. The molecule has 0 saturated carbocycles. The van der Waals surface area contributed by atoms with Gasteiger partial charge in [0.15, 0.2) is 0 Å². The highest BCUT2D eigenvalue weighted by molar-refractivity contribution is 7.98. The summed E-state index contributed by atoms with van der Waals surface area (Å²) >= 11 is 1.92. The maximum absolute atomic E-state index is 12.3. The standard InChI is InChI=1S/C18H36N2O2S/c1-15(19-11-7-6-8-13-23-5)14-16-10-9-12-20(16)17(21)22-18(2,3)4/h15-16,19H,6-14H2,1-5H3. The van der Waals surface area contributed by atoms with Gasteiger partial charge in [0.2, 0.25) is 0 Å². The van der Waals surface area contributed by atoms with Gasteiger partial charge in [0.1, 0.15) is 5.60 Å². The Balaban J connectivity index is 2.27. The van der Waals surface area contributed by atoms with Gasteiger partial charge in [-0.3, -0.25) is 0 Å². The van der Waals surface area contributed by atoms with E-state index in [9.17, 15) is 4.79 Å². The van der Waals surface area contributed by atoms with Crippen LogP contribution in [-0.2, 0) is 4.74 Å². The molecule has 4 nitrogen and oxygen atoms in total. The lowest BCUT2D eigenvalue weighted by atomic mass is 10.1. The number of nitrogens with one attached hydrogen (secondary N) is 1. The van der Waals surface area contributed by atoms with Crippen LogP contribution in [-0.4, -0.2) is 53.8 Å². The Morgan fingerprint density at radius 3 is 2.74 bits per heavy atom. The van der Waals surface area contributed by atoms with Gasteiger partial charge in [0.25, 0.3) is 0 Å². The molecule has 5 heteroatoms. The van der Waals surface area contributed by atoms with Crippen molar-refractivity contribution < 1.29 is 9.53 Å². The van der Waals surface area contributed by atoms with Crippen LogP contribution < -0.4 is 5.32 Å². The molecule has 0 aromatic rings. The zero-order valence-electron chi connectivity index (χ0n) is 15.7. The average molecular weight is 345 g/mol. The molecule has 1 rings (SSSR count). The fourth-order valence-corrected chi connectivity index (χ4v) is 3.52. The molecule has 1 saturated heterocycles. The van der Waals surface area contributed by atoms with E-state index in [1.54, 1.807) is 0 Å². The van der Waals surface area contributed by atoms with E-state index in [4.69, 9.17) is 4.74 Å². The molecular formula is C18H36N2O2S. The minimum Gasteiger partial charge on any atom is -0.444 e. The maximum Gasteiger partial charge on any atom is 0.410 e. The van der Waals surface area contributed by atoms with Crippen molar-refractivity contribution in [3.63, 3.8) is 0 Å². The van der Waals surface area contributed by atoms with Crippen molar-refractivity contribution in [2.75, 3.05) is 25.1 Å². The third-order valence-corrected chi connectivity index (χ3v) is 4.85. The number of rotatable bonds is 9. The molecule has 1 amide bonds. The summed E-state index contributed by atoms with van der Waals surface area (Å²) in [5.41, 5.74) is -0.412. The van der Waals surface area contributed by atoms with Crippen LogP contribution in [0.15, 0.2) is 0 Å². The van der Waals surface area contributed by atoms with Crippen LogP contribution in [0.4, 0.5) is 4.79 Å². The smallest absolute Gasteiger partial charge is 0.410 e. The van der Waals surface area contributed by atoms with Gasteiger partial charge in [-0.15, -0.1) is 0 Å². The molecule has 0 aliphatic carbocycles. The van der Waals surface area contributed by atoms with Crippen molar-refractivity contribution >= 4 is 17.9 Å². The topological polar surface area (TPSA) is 41.6 Å². The Morgan fingerprint density at radius 2 is 2.09 bits per heavy atom. The predicted molar refractivity (Wildman–Crippen MR) is 100 cm³/mol. The van der Waals surface area contributed by atoms with Crippen LogP contribution in [0.5, 0.6) is 0 Å². The van der Waals surface area contributed by atoms with Crippen molar-refractivity contribution in [1.29, 1.82) is 0 Å². The minimum absolute atomic E-state index is 0.149. The number of nitrogens with zero attached hydrogens (tertiary/aromatic N) is 1. The van der Waals surface area contributed by atoms with Gasteiger partial charge < -0.3 is 15.0 Å². The molecule has 23 heavy (non-hydrogen) atoms.